The summed E-state index contributed by atoms with van der Waals surface area (Å²) >= 11 is 0. The molecule has 1 N–H and O–H groups in total. The quantitative estimate of drug-likeness (QED) is 0.820. The van der Waals surface area contributed by atoms with Crippen LogP contribution >= 0.6 is 0 Å². The molecule has 0 radical (unpaired) electrons. The van der Waals surface area contributed by atoms with Crippen LogP contribution in [0.1, 0.15) is 57.4 Å². The van der Waals surface area contributed by atoms with Gasteiger partial charge in [0.25, 0.3) is 0 Å². The molecule has 134 valence electrons. The first-order chi connectivity index (χ1) is 11.5. The summed E-state index contributed by atoms with van der Waals surface area (Å²) in [5.41, 5.74) is 1.21. The zero-order valence-corrected chi connectivity index (χ0v) is 15.7. The summed E-state index contributed by atoms with van der Waals surface area (Å²) < 4.78 is 27.3. The monoisotopic (exact) mass is 350 g/mol. The first-order valence-corrected chi connectivity index (χ1v) is 10.8. The summed E-state index contributed by atoms with van der Waals surface area (Å²) in [4.78, 5) is 0.430. The largest absolute Gasteiger partial charge is 0.314 e. The SMILES string of the molecule is CCC(C)c1ccc(S(=O)(=O)N2CCC(NCC3CC3)CC2)cc1. The summed E-state index contributed by atoms with van der Waals surface area (Å²) in [5, 5.41) is 3.60. The van der Waals surface area contributed by atoms with Gasteiger partial charge in [0.15, 0.2) is 0 Å². The maximum Gasteiger partial charge on any atom is 0.243 e. The van der Waals surface area contributed by atoms with E-state index in [-0.39, 0.29) is 0 Å². The van der Waals surface area contributed by atoms with Crippen LogP contribution in [0.3, 0.4) is 0 Å². The van der Waals surface area contributed by atoms with Gasteiger partial charge in [-0.15, -0.1) is 0 Å². The fourth-order valence-corrected chi connectivity index (χ4v) is 4.78. The van der Waals surface area contributed by atoms with Crippen molar-refractivity contribution in [2.24, 2.45) is 5.92 Å². The van der Waals surface area contributed by atoms with Gasteiger partial charge in [-0.2, -0.15) is 4.31 Å². The molecule has 5 heteroatoms. The molecule has 1 aromatic rings. The number of rotatable bonds is 7. The van der Waals surface area contributed by atoms with E-state index in [9.17, 15) is 8.42 Å². The third kappa shape index (κ3) is 4.19. The van der Waals surface area contributed by atoms with E-state index in [1.165, 1.54) is 18.4 Å². The molecule has 1 aromatic carbocycles. The molecule has 0 amide bonds. The Morgan fingerprint density at radius 3 is 2.29 bits per heavy atom. The van der Waals surface area contributed by atoms with Crippen LogP contribution in [0.15, 0.2) is 29.2 Å². The molecular weight excluding hydrogens is 320 g/mol. The molecule has 1 aliphatic heterocycles. The zero-order valence-electron chi connectivity index (χ0n) is 14.9. The van der Waals surface area contributed by atoms with Gasteiger partial charge in [0.2, 0.25) is 10.0 Å². The van der Waals surface area contributed by atoms with Gasteiger partial charge in [-0.3, -0.25) is 0 Å². The predicted molar refractivity (Wildman–Crippen MR) is 97.7 cm³/mol. The molecule has 1 saturated carbocycles. The smallest absolute Gasteiger partial charge is 0.243 e. The molecule has 2 fully saturated rings. The van der Waals surface area contributed by atoms with E-state index in [2.05, 4.69) is 19.2 Å². The molecule has 1 unspecified atom stereocenters. The van der Waals surface area contributed by atoms with Crippen LogP contribution in [0, 0.1) is 5.92 Å². The molecule has 1 saturated heterocycles. The number of sulfonamides is 1. The minimum absolute atomic E-state index is 0.430. The van der Waals surface area contributed by atoms with E-state index in [4.69, 9.17) is 0 Å². The maximum atomic E-state index is 12.8. The third-order valence-electron chi connectivity index (χ3n) is 5.55. The fourth-order valence-electron chi connectivity index (χ4n) is 3.31. The van der Waals surface area contributed by atoms with Crippen molar-refractivity contribution in [3.05, 3.63) is 29.8 Å². The standard InChI is InChI=1S/C19H30N2O2S/c1-3-15(2)17-6-8-19(9-7-17)24(22,23)21-12-10-18(11-13-21)20-14-16-4-5-16/h6-9,15-16,18,20H,3-5,10-14H2,1-2H3. The van der Waals surface area contributed by atoms with Crippen LogP contribution in [0.25, 0.3) is 0 Å². The molecule has 3 rings (SSSR count). The number of nitrogens with one attached hydrogen (secondary N) is 1. The fraction of sp³-hybridized carbons (Fsp3) is 0.684. The van der Waals surface area contributed by atoms with Gasteiger partial charge in [-0.25, -0.2) is 8.42 Å². The van der Waals surface area contributed by atoms with Gasteiger partial charge in [-0.05, 0) is 68.2 Å². The van der Waals surface area contributed by atoms with E-state index in [0.717, 1.165) is 31.7 Å². The Morgan fingerprint density at radius 1 is 1.12 bits per heavy atom. The Labute approximate surface area is 146 Å². The molecule has 1 heterocycles. The van der Waals surface area contributed by atoms with Crippen LogP contribution in [-0.4, -0.2) is 38.4 Å². The van der Waals surface area contributed by atoms with Gasteiger partial charge in [0.1, 0.15) is 0 Å². The average Bonchev–Trinajstić information content (AvgIpc) is 3.44. The highest BCUT2D eigenvalue weighted by molar-refractivity contribution is 7.89. The maximum absolute atomic E-state index is 12.8. The van der Waals surface area contributed by atoms with Gasteiger partial charge in [0, 0.05) is 19.1 Å². The summed E-state index contributed by atoms with van der Waals surface area (Å²) in [6.07, 6.45) is 5.60. The Bertz CT molecular complexity index is 630. The van der Waals surface area contributed by atoms with E-state index < -0.39 is 10.0 Å². The Hall–Kier alpha value is -0.910. The van der Waals surface area contributed by atoms with Crippen molar-refractivity contribution in [3.63, 3.8) is 0 Å². The van der Waals surface area contributed by atoms with Gasteiger partial charge in [-0.1, -0.05) is 26.0 Å². The number of hydrogen-bond donors (Lipinski definition) is 1. The van der Waals surface area contributed by atoms with E-state index in [1.54, 1.807) is 16.4 Å². The van der Waals surface area contributed by atoms with Gasteiger partial charge >= 0.3 is 0 Å². The lowest BCUT2D eigenvalue weighted by atomic mass is 9.99. The van der Waals surface area contributed by atoms with Crippen molar-refractivity contribution < 1.29 is 8.42 Å². The van der Waals surface area contributed by atoms with Crippen molar-refractivity contribution in [2.75, 3.05) is 19.6 Å². The van der Waals surface area contributed by atoms with Crippen molar-refractivity contribution in [3.8, 4) is 0 Å². The van der Waals surface area contributed by atoms with Crippen LogP contribution in [0.5, 0.6) is 0 Å². The average molecular weight is 351 g/mol. The van der Waals surface area contributed by atoms with Crippen molar-refractivity contribution >= 4 is 10.0 Å². The third-order valence-corrected chi connectivity index (χ3v) is 7.46. The van der Waals surface area contributed by atoms with Crippen LogP contribution in [0.4, 0.5) is 0 Å². The van der Waals surface area contributed by atoms with Crippen molar-refractivity contribution in [1.82, 2.24) is 9.62 Å². The highest BCUT2D eigenvalue weighted by atomic mass is 32.2. The van der Waals surface area contributed by atoms with Crippen LogP contribution < -0.4 is 5.32 Å². The predicted octanol–water partition coefficient (Wildman–Crippen LogP) is 3.35. The number of benzene rings is 1. The number of piperidine rings is 1. The highest BCUT2D eigenvalue weighted by Gasteiger charge is 2.30. The normalized spacial score (nSPS) is 21.8. The molecule has 4 nitrogen and oxygen atoms in total. The van der Waals surface area contributed by atoms with Crippen LogP contribution in [-0.2, 0) is 10.0 Å². The lowest BCUT2D eigenvalue weighted by Gasteiger charge is -2.31. The van der Waals surface area contributed by atoms with Crippen molar-refractivity contribution in [2.45, 2.75) is 62.8 Å². The molecule has 1 aliphatic carbocycles. The lowest BCUT2D eigenvalue weighted by molar-refractivity contribution is 0.288. The summed E-state index contributed by atoms with van der Waals surface area (Å²) in [7, 11) is -3.35. The lowest BCUT2D eigenvalue weighted by Crippen LogP contribution is -2.45. The summed E-state index contributed by atoms with van der Waals surface area (Å²) in [5.74, 6) is 1.34. The summed E-state index contributed by atoms with van der Waals surface area (Å²) in [6, 6.07) is 7.95. The first kappa shape index (κ1) is 17.9. The Morgan fingerprint density at radius 2 is 1.75 bits per heavy atom. The topological polar surface area (TPSA) is 49.4 Å². The summed E-state index contributed by atoms with van der Waals surface area (Å²) in [6.45, 7) is 6.67. The number of nitrogens with zero attached hydrogens (tertiary/aromatic N) is 1. The molecule has 24 heavy (non-hydrogen) atoms. The molecule has 0 spiro atoms. The van der Waals surface area contributed by atoms with E-state index in [0.29, 0.717) is 29.9 Å². The minimum atomic E-state index is -3.35. The number of hydrogen-bond acceptors (Lipinski definition) is 3. The highest BCUT2D eigenvalue weighted by Crippen LogP contribution is 2.28. The molecule has 0 bridgehead atoms. The second kappa shape index (κ2) is 7.54. The second-order valence-electron chi connectivity index (χ2n) is 7.41. The Kier molecular flexibility index (Phi) is 5.63. The van der Waals surface area contributed by atoms with Gasteiger partial charge in [0.05, 0.1) is 4.90 Å². The second-order valence-corrected chi connectivity index (χ2v) is 9.35. The van der Waals surface area contributed by atoms with Gasteiger partial charge < -0.3 is 5.32 Å². The minimum Gasteiger partial charge on any atom is -0.314 e. The van der Waals surface area contributed by atoms with E-state index >= 15 is 0 Å². The Balaban J connectivity index is 1.59. The zero-order chi connectivity index (χ0) is 17.2. The molecular formula is C19H30N2O2S. The van der Waals surface area contributed by atoms with E-state index in [1.807, 2.05) is 12.1 Å². The molecule has 1 atom stereocenters. The first-order valence-electron chi connectivity index (χ1n) is 9.34. The van der Waals surface area contributed by atoms with Crippen LogP contribution in [0.2, 0.25) is 0 Å². The van der Waals surface area contributed by atoms with Crippen molar-refractivity contribution in [1.29, 1.82) is 0 Å². The molecule has 0 aromatic heterocycles. The molecule has 2 aliphatic rings.